The van der Waals surface area contributed by atoms with Crippen LogP contribution in [0.3, 0.4) is 0 Å². The molecule has 2 rings (SSSR count). The SMILES string of the molecule is CC1C(=O)NC(=O)CN1C(CN)c1cccc(Cl)c1. The predicted octanol–water partition coefficient (Wildman–Crippen LogP) is 0.687. The zero-order valence-electron chi connectivity index (χ0n) is 10.6. The smallest absolute Gasteiger partial charge is 0.243 e. The predicted molar refractivity (Wildman–Crippen MR) is 72.6 cm³/mol. The number of nitrogens with zero attached hydrogens (tertiary/aromatic N) is 1. The zero-order chi connectivity index (χ0) is 14.0. The van der Waals surface area contributed by atoms with Gasteiger partial charge in [-0.15, -0.1) is 0 Å². The van der Waals surface area contributed by atoms with Gasteiger partial charge in [-0.05, 0) is 24.6 Å². The minimum atomic E-state index is -0.398. The number of hydrogen-bond acceptors (Lipinski definition) is 4. The van der Waals surface area contributed by atoms with Gasteiger partial charge in [0.1, 0.15) is 0 Å². The molecule has 0 spiro atoms. The van der Waals surface area contributed by atoms with E-state index in [0.29, 0.717) is 11.6 Å². The van der Waals surface area contributed by atoms with E-state index in [0.717, 1.165) is 5.56 Å². The van der Waals surface area contributed by atoms with Gasteiger partial charge >= 0.3 is 0 Å². The summed E-state index contributed by atoms with van der Waals surface area (Å²) in [5, 5.41) is 2.92. The van der Waals surface area contributed by atoms with Crippen LogP contribution < -0.4 is 11.1 Å². The molecule has 1 heterocycles. The second kappa shape index (κ2) is 5.69. The maximum atomic E-state index is 11.7. The van der Waals surface area contributed by atoms with E-state index in [9.17, 15) is 9.59 Å². The Bertz CT molecular complexity index is 506. The maximum Gasteiger partial charge on any atom is 0.243 e. The van der Waals surface area contributed by atoms with Gasteiger partial charge in [0.15, 0.2) is 0 Å². The number of rotatable bonds is 3. The molecule has 2 amide bonds. The second-order valence-electron chi connectivity index (χ2n) is 4.57. The van der Waals surface area contributed by atoms with Crippen molar-refractivity contribution >= 4 is 23.4 Å². The molecule has 1 aliphatic rings. The molecule has 2 atom stereocenters. The number of amides is 2. The Hall–Kier alpha value is -1.43. The summed E-state index contributed by atoms with van der Waals surface area (Å²) in [6.07, 6.45) is 0. The van der Waals surface area contributed by atoms with Crippen molar-refractivity contribution in [2.24, 2.45) is 5.73 Å². The third-order valence-electron chi connectivity index (χ3n) is 3.32. The van der Waals surface area contributed by atoms with Crippen LogP contribution in [0.2, 0.25) is 5.02 Å². The first-order chi connectivity index (χ1) is 9.02. The van der Waals surface area contributed by atoms with Crippen LogP contribution in [-0.2, 0) is 9.59 Å². The van der Waals surface area contributed by atoms with Crippen molar-refractivity contribution in [3.8, 4) is 0 Å². The number of halogens is 1. The molecule has 1 aromatic rings. The highest BCUT2D eigenvalue weighted by Gasteiger charge is 2.34. The Kier molecular flexibility index (Phi) is 4.19. The topological polar surface area (TPSA) is 75.4 Å². The van der Waals surface area contributed by atoms with Crippen molar-refractivity contribution in [2.45, 2.75) is 19.0 Å². The van der Waals surface area contributed by atoms with E-state index in [1.54, 1.807) is 17.9 Å². The summed E-state index contributed by atoms with van der Waals surface area (Å²) in [6.45, 7) is 2.22. The highest BCUT2D eigenvalue weighted by Crippen LogP contribution is 2.25. The third-order valence-corrected chi connectivity index (χ3v) is 3.56. The van der Waals surface area contributed by atoms with Crippen molar-refractivity contribution in [2.75, 3.05) is 13.1 Å². The maximum absolute atomic E-state index is 11.7. The Labute approximate surface area is 116 Å². The minimum Gasteiger partial charge on any atom is -0.329 e. The number of benzene rings is 1. The first kappa shape index (κ1) is 14.0. The number of carbonyl (C=O) groups excluding carboxylic acids is 2. The van der Waals surface area contributed by atoms with Crippen LogP contribution in [0.4, 0.5) is 0 Å². The fourth-order valence-corrected chi connectivity index (χ4v) is 2.49. The van der Waals surface area contributed by atoms with Gasteiger partial charge in [-0.25, -0.2) is 0 Å². The molecule has 0 bridgehead atoms. The summed E-state index contributed by atoms with van der Waals surface area (Å²) >= 11 is 5.97. The van der Waals surface area contributed by atoms with Gasteiger partial charge in [0.25, 0.3) is 0 Å². The number of nitrogens with two attached hydrogens (primary N) is 1. The lowest BCUT2D eigenvalue weighted by Gasteiger charge is -2.37. The molecule has 0 radical (unpaired) electrons. The molecular formula is C13H16ClN3O2. The van der Waals surface area contributed by atoms with Crippen LogP contribution in [0, 0.1) is 0 Å². The Balaban J connectivity index is 2.30. The van der Waals surface area contributed by atoms with Crippen LogP contribution in [0.1, 0.15) is 18.5 Å². The van der Waals surface area contributed by atoms with Crippen LogP contribution in [-0.4, -0.2) is 35.8 Å². The zero-order valence-corrected chi connectivity index (χ0v) is 11.4. The van der Waals surface area contributed by atoms with E-state index < -0.39 is 6.04 Å². The van der Waals surface area contributed by atoms with Crippen molar-refractivity contribution in [3.05, 3.63) is 34.9 Å². The molecule has 6 heteroatoms. The lowest BCUT2D eigenvalue weighted by Crippen LogP contribution is -2.58. The van der Waals surface area contributed by atoms with Gasteiger partial charge < -0.3 is 5.73 Å². The van der Waals surface area contributed by atoms with Crippen LogP contribution in [0.25, 0.3) is 0 Å². The summed E-state index contributed by atoms with van der Waals surface area (Å²) in [7, 11) is 0. The van der Waals surface area contributed by atoms with Gasteiger partial charge in [-0.2, -0.15) is 0 Å². The fraction of sp³-hybridized carbons (Fsp3) is 0.385. The van der Waals surface area contributed by atoms with Gasteiger partial charge in [0, 0.05) is 17.6 Å². The Morgan fingerprint density at radius 3 is 2.89 bits per heavy atom. The fourth-order valence-electron chi connectivity index (χ4n) is 2.29. The van der Waals surface area contributed by atoms with Crippen LogP contribution in [0.15, 0.2) is 24.3 Å². The summed E-state index contributed by atoms with van der Waals surface area (Å²) in [5.74, 6) is -0.597. The number of hydrogen-bond donors (Lipinski definition) is 2. The van der Waals surface area contributed by atoms with E-state index >= 15 is 0 Å². The highest BCUT2D eigenvalue weighted by molar-refractivity contribution is 6.30. The third kappa shape index (κ3) is 2.94. The average Bonchev–Trinajstić information content (AvgIpc) is 2.36. The quantitative estimate of drug-likeness (QED) is 0.799. The number of imide groups is 1. The van der Waals surface area contributed by atoms with Crippen LogP contribution in [0.5, 0.6) is 0 Å². The highest BCUT2D eigenvalue weighted by atomic mass is 35.5. The Morgan fingerprint density at radius 1 is 1.53 bits per heavy atom. The molecule has 1 aliphatic heterocycles. The largest absolute Gasteiger partial charge is 0.329 e. The van der Waals surface area contributed by atoms with Gasteiger partial charge in [-0.1, -0.05) is 23.7 Å². The average molecular weight is 282 g/mol. The van der Waals surface area contributed by atoms with E-state index in [2.05, 4.69) is 5.32 Å². The van der Waals surface area contributed by atoms with Gasteiger partial charge in [0.05, 0.1) is 12.6 Å². The molecule has 3 N–H and O–H groups in total. The van der Waals surface area contributed by atoms with E-state index in [4.69, 9.17) is 17.3 Å². The molecule has 2 unspecified atom stereocenters. The molecule has 0 saturated carbocycles. The monoisotopic (exact) mass is 281 g/mol. The summed E-state index contributed by atoms with van der Waals surface area (Å²) in [5.41, 5.74) is 6.72. The standard InChI is InChI=1S/C13H16ClN3O2/c1-8-13(19)16-12(18)7-17(8)11(6-15)9-3-2-4-10(14)5-9/h2-5,8,11H,6-7,15H2,1H3,(H,16,18,19). The first-order valence-corrected chi connectivity index (χ1v) is 6.45. The molecule has 1 saturated heterocycles. The molecule has 1 fully saturated rings. The van der Waals surface area contributed by atoms with Crippen molar-refractivity contribution < 1.29 is 9.59 Å². The first-order valence-electron chi connectivity index (χ1n) is 6.08. The second-order valence-corrected chi connectivity index (χ2v) is 5.00. The molecule has 0 aliphatic carbocycles. The molecular weight excluding hydrogens is 266 g/mol. The molecule has 19 heavy (non-hydrogen) atoms. The van der Waals surface area contributed by atoms with E-state index in [1.165, 1.54) is 0 Å². The van der Waals surface area contributed by atoms with Crippen molar-refractivity contribution in [1.29, 1.82) is 0 Å². The number of nitrogens with one attached hydrogen (secondary N) is 1. The van der Waals surface area contributed by atoms with E-state index in [-0.39, 0.29) is 24.4 Å². The summed E-state index contributed by atoms with van der Waals surface area (Å²) < 4.78 is 0. The van der Waals surface area contributed by atoms with Gasteiger partial charge in [-0.3, -0.25) is 19.8 Å². The lowest BCUT2D eigenvalue weighted by molar-refractivity contribution is -0.140. The minimum absolute atomic E-state index is 0.154. The molecule has 5 nitrogen and oxygen atoms in total. The normalized spacial score (nSPS) is 22.2. The van der Waals surface area contributed by atoms with Gasteiger partial charge in [0.2, 0.25) is 11.8 Å². The van der Waals surface area contributed by atoms with E-state index in [1.807, 2.05) is 18.2 Å². The molecule has 1 aromatic carbocycles. The number of piperazine rings is 1. The lowest BCUT2D eigenvalue weighted by atomic mass is 10.0. The molecule has 102 valence electrons. The molecule has 0 aromatic heterocycles. The summed E-state index contributed by atoms with van der Waals surface area (Å²) in [6, 6.07) is 6.71. The number of carbonyl (C=O) groups is 2. The van der Waals surface area contributed by atoms with Crippen molar-refractivity contribution in [3.63, 3.8) is 0 Å². The Morgan fingerprint density at radius 2 is 2.26 bits per heavy atom. The summed E-state index contributed by atoms with van der Waals surface area (Å²) in [4.78, 5) is 25.0. The van der Waals surface area contributed by atoms with Crippen molar-refractivity contribution in [1.82, 2.24) is 10.2 Å². The van der Waals surface area contributed by atoms with Crippen LogP contribution >= 0.6 is 11.6 Å².